The topological polar surface area (TPSA) is 29.9 Å². The molecule has 0 aliphatic carbocycles. The molecule has 0 atom stereocenters. The summed E-state index contributed by atoms with van der Waals surface area (Å²) in [7, 11) is 1.79. The lowest BCUT2D eigenvalue weighted by atomic mass is 10.4. The minimum atomic E-state index is -4.13. The van der Waals surface area contributed by atoms with Crippen LogP contribution in [0.25, 0.3) is 0 Å². The van der Waals surface area contributed by atoms with E-state index in [1.54, 1.807) is 17.9 Å². The minimum Gasteiger partial charge on any atom is -0.310 e. The molecule has 0 spiro atoms. The molecular formula is C8H12F3N3S. The number of halogens is 3. The Morgan fingerprint density at radius 1 is 1.53 bits per heavy atom. The van der Waals surface area contributed by atoms with E-state index in [0.717, 1.165) is 5.69 Å². The summed E-state index contributed by atoms with van der Waals surface area (Å²) in [6.45, 7) is 0.865. The van der Waals surface area contributed by atoms with Gasteiger partial charge in [0.2, 0.25) is 0 Å². The summed E-state index contributed by atoms with van der Waals surface area (Å²) < 4.78 is 36.9. The first-order chi connectivity index (χ1) is 6.99. The molecule has 0 aromatic carbocycles. The van der Waals surface area contributed by atoms with E-state index >= 15 is 0 Å². The lowest BCUT2D eigenvalue weighted by Gasteiger charge is -2.06. The summed E-state index contributed by atoms with van der Waals surface area (Å²) in [6.07, 6.45) is 1.65. The highest BCUT2D eigenvalue weighted by Crippen LogP contribution is 2.29. The van der Waals surface area contributed by atoms with Crippen LogP contribution in [0.2, 0.25) is 0 Å². The van der Waals surface area contributed by atoms with E-state index in [1.165, 1.54) is 0 Å². The van der Waals surface area contributed by atoms with Crippen molar-refractivity contribution in [1.82, 2.24) is 15.1 Å². The van der Waals surface area contributed by atoms with Crippen molar-refractivity contribution < 1.29 is 13.2 Å². The van der Waals surface area contributed by atoms with Crippen LogP contribution in [0.5, 0.6) is 0 Å². The zero-order chi connectivity index (χ0) is 11.3. The Hall–Kier alpha value is -0.690. The molecule has 0 saturated carbocycles. The van der Waals surface area contributed by atoms with E-state index in [-0.39, 0.29) is 17.5 Å². The smallest absolute Gasteiger partial charge is 0.310 e. The van der Waals surface area contributed by atoms with Crippen LogP contribution >= 0.6 is 11.8 Å². The molecule has 1 aromatic rings. The average Bonchev–Trinajstić information content (AvgIpc) is 2.49. The Morgan fingerprint density at radius 2 is 2.27 bits per heavy atom. The van der Waals surface area contributed by atoms with Crippen LogP contribution in [-0.4, -0.2) is 27.6 Å². The summed E-state index contributed by atoms with van der Waals surface area (Å²) >= 11 is -0.00996. The molecule has 0 unspecified atom stereocenters. The highest BCUT2D eigenvalue weighted by Gasteiger charge is 2.27. The summed E-state index contributed by atoms with van der Waals surface area (Å²) in [6, 6.07) is 1.82. The average molecular weight is 239 g/mol. The van der Waals surface area contributed by atoms with Gasteiger partial charge in [-0.2, -0.15) is 18.3 Å². The van der Waals surface area contributed by atoms with Crippen molar-refractivity contribution in [2.24, 2.45) is 7.05 Å². The van der Waals surface area contributed by atoms with Gasteiger partial charge < -0.3 is 5.32 Å². The highest BCUT2D eigenvalue weighted by atomic mass is 32.2. The van der Waals surface area contributed by atoms with Gasteiger partial charge in [-0.05, 0) is 17.8 Å². The monoisotopic (exact) mass is 239 g/mol. The summed E-state index contributed by atoms with van der Waals surface area (Å²) in [5.74, 6) is 0.0291. The highest BCUT2D eigenvalue weighted by molar-refractivity contribution is 8.00. The molecule has 0 radical (unpaired) electrons. The Balaban J connectivity index is 2.10. The maximum atomic E-state index is 11.7. The van der Waals surface area contributed by atoms with Crippen molar-refractivity contribution in [3.05, 3.63) is 18.0 Å². The van der Waals surface area contributed by atoms with Gasteiger partial charge in [0.25, 0.3) is 0 Å². The molecule has 3 nitrogen and oxygen atoms in total. The molecular weight excluding hydrogens is 227 g/mol. The van der Waals surface area contributed by atoms with Gasteiger partial charge in [0, 0.05) is 32.1 Å². The van der Waals surface area contributed by atoms with Crippen LogP contribution in [0.1, 0.15) is 5.69 Å². The van der Waals surface area contributed by atoms with Crippen molar-refractivity contribution in [3.63, 3.8) is 0 Å². The number of alkyl halides is 3. The summed E-state index contributed by atoms with van der Waals surface area (Å²) in [5, 5.41) is 6.87. The normalized spacial score (nSPS) is 12.0. The SMILES string of the molecule is Cn1nccc1CNCCSC(F)(F)F. The van der Waals surface area contributed by atoms with Gasteiger partial charge in [0.05, 0.1) is 5.69 Å². The van der Waals surface area contributed by atoms with Crippen LogP contribution in [-0.2, 0) is 13.6 Å². The first kappa shape index (κ1) is 12.4. The quantitative estimate of drug-likeness (QED) is 0.794. The van der Waals surface area contributed by atoms with E-state index in [0.29, 0.717) is 13.1 Å². The van der Waals surface area contributed by atoms with Crippen LogP contribution in [0.15, 0.2) is 12.3 Å². The van der Waals surface area contributed by atoms with Crippen LogP contribution in [0.4, 0.5) is 13.2 Å². The number of hydrogen-bond donors (Lipinski definition) is 1. The predicted octanol–water partition coefficient (Wildman–Crippen LogP) is 1.76. The van der Waals surface area contributed by atoms with E-state index in [9.17, 15) is 13.2 Å². The van der Waals surface area contributed by atoms with Crippen molar-refractivity contribution in [1.29, 1.82) is 0 Å². The van der Waals surface area contributed by atoms with E-state index in [2.05, 4.69) is 10.4 Å². The van der Waals surface area contributed by atoms with Crippen LogP contribution < -0.4 is 5.32 Å². The second-order valence-electron chi connectivity index (χ2n) is 2.92. The van der Waals surface area contributed by atoms with Gasteiger partial charge in [-0.3, -0.25) is 4.68 Å². The zero-order valence-corrected chi connectivity index (χ0v) is 9.03. The second kappa shape index (κ2) is 5.41. The molecule has 1 rings (SSSR count). The third kappa shape index (κ3) is 5.08. The van der Waals surface area contributed by atoms with Gasteiger partial charge in [-0.15, -0.1) is 0 Å². The minimum absolute atomic E-state index is 0.00996. The number of aromatic nitrogens is 2. The molecule has 1 N–H and O–H groups in total. The molecule has 0 amide bonds. The number of nitrogens with zero attached hydrogens (tertiary/aromatic N) is 2. The zero-order valence-electron chi connectivity index (χ0n) is 8.21. The molecule has 0 fully saturated rings. The Morgan fingerprint density at radius 3 is 2.80 bits per heavy atom. The number of aryl methyl sites for hydroxylation is 1. The van der Waals surface area contributed by atoms with Crippen molar-refractivity contribution in [2.45, 2.75) is 12.1 Å². The molecule has 0 saturated heterocycles. The Labute approximate surface area is 90.0 Å². The fourth-order valence-electron chi connectivity index (χ4n) is 1.03. The molecule has 0 aliphatic rings. The Kier molecular flexibility index (Phi) is 4.46. The molecule has 0 bridgehead atoms. The molecule has 7 heteroatoms. The third-order valence-electron chi connectivity index (χ3n) is 1.77. The maximum absolute atomic E-state index is 11.7. The number of rotatable bonds is 5. The van der Waals surface area contributed by atoms with Crippen molar-refractivity contribution >= 4 is 11.8 Å². The maximum Gasteiger partial charge on any atom is 0.441 e. The van der Waals surface area contributed by atoms with Gasteiger partial charge in [-0.1, -0.05) is 0 Å². The lowest BCUT2D eigenvalue weighted by Crippen LogP contribution is -2.19. The second-order valence-corrected chi connectivity index (χ2v) is 4.08. The number of nitrogens with one attached hydrogen (secondary N) is 1. The van der Waals surface area contributed by atoms with Crippen molar-refractivity contribution in [2.75, 3.05) is 12.3 Å². The van der Waals surface area contributed by atoms with E-state index < -0.39 is 5.51 Å². The van der Waals surface area contributed by atoms with Gasteiger partial charge >= 0.3 is 5.51 Å². The molecule has 86 valence electrons. The molecule has 15 heavy (non-hydrogen) atoms. The van der Waals surface area contributed by atoms with E-state index in [4.69, 9.17) is 0 Å². The fourth-order valence-corrected chi connectivity index (χ4v) is 1.51. The Bertz CT molecular complexity index is 298. The predicted molar refractivity (Wildman–Crippen MR) is 53.4 cm³/mol. The first-order valence-corrected chi connectivity index (χ1v) is 5.36. The third-order valence-corrected chi connectivity index (χ3v) is 2.51. The lowest BCUT2D eigenvalue weighted by molar-refractivity contribution is -0.0327. The largest absolute Gasteiger partial charge is 0.441 e. The summed E-state index contributed by atoms with van der Waals surface area (Å²) in [5.41, 5.74) is -3.18. The van der Waals surface area contributed by atoms with Gasteiger partial charge in [0.1, 0.15) is 0 Å². The van der Waals surface area contributed by atoms with Gasteiger partial charge in [-0.25, -0.2) is 0 Å². The standard InChI is InChI=1S/C8H12F3N3S/c1-14-7(2-3-13-14)6-12-4-5-15-8(9,10)11/h2-3,12H,4-6H2,1H3. The van der Waals surface area contributed by atoms with Crippen LogP contribution in [0.3, 0.4) is 0 Å². The number of hydrogen-bond acceptors (Lipinski definition) is 3. The molecule has 1 heterocycles. The molecule has 0 aliphatic heterocycles. The molecule has 1 aromatic heterocycles. The van der Waals surface area contributed by atoms with Gasteiger partial charge in [0.15, 0.2) is 0 Å². The van der Waals surface area contributed by atoms with Crippen molar-refractivity contribution in [3.8, 4) is 0 Å². The van der Waals surface area contributed by atoms with Crippen LogP contribution in [0, 0.1) is 0 Å². The first-order valence-electron chi connectivity index (χ1n) is 4.37. The summed E-state index contributed by atoms with van der Waals surface area (Å²) in [4.78, 5) is 0. The van der Waals surface area contributed by atoms with E-state index in [1.807, 2.05) is 6.07 Å². The number of thioether (sulfide) groups is 1. The fraction of sp³-hybridized carbons (Fsp3) is 0.625.